The number of sulfone groups is 1. The lowest BCUT2D eigenvalue weighted by atomic mass is 10.2. The van der Waals surface area contributed by atoms with Gasteiger partial charge in [-0.05, 0) is 42.0 Å². The fourth-order valence-corrected chi connectivity index (χ4v) is 5.14. The molecule has 0 atom stereocenters. The predicted octanol–water partition coefficient (Wildman–Crippen LogP) is 2.97. The number of piperazine rings is 1. The molecule has 1 saturated heterocycles. The summed E-state index contributed by atoms with van der Waals surface area (Å²) in [6.45, 7) is 2.31. The lowest BCUT2D eigenvalue weighted by molar-refractivity contribution is -0.384. The molecule has 2 aromatic carbocycles. The highest BCUT2D eigenvalue weighted by molar-refractivity contribution is 7.90. The number of nitro benzene ring substituents is 1. The van der Waals surface area contributed by atoms with Crippen LogP contribution < -0.4 is 4.90 Å². The SMILES string of the molecule is CS(=O)(=O)c1ccc2nc(N3CCN(C(=O)/C=C\c4ccc([N+](=O)[O-])cc4)CC3)sc2c1. The molecule has 0 spiro atoms. The van der Waals surface area contributed by atoms with Gasteiger partial charge in [-0.15, -0.1) is 0 Å². The maximum absolute atomic E-state index is 12.5. The topological polar surface area (TPSA) is 114 Å². The minimum Gasteiger partial charge on any atom is -0.345 e. The third kappa shape index (κ3) is 4.78. The molecule has 2 heterocycles. The number of fused-ring (bicyclic) bond motifs is 1. The summed E-state index contributed by atoms with van der Waals surface area (Å²) < 4.78 is 24.4. The van der Waals surface area contributed by atoms with Gasteiger partial charge < -0.3 is 9.80 Å². The van der Waals surface area contributed by atoms with Crippen LogP contribution in [-0.4, -0.2) is 61.6 Å². The van der Waals surface area contributed by atoms with E-state index < -0.39 is 14.8 Å². The van der Waals surface area contributed by atoms with Crippen molar-refractivity contribution >= 4 is 54.2 Å². The first-order valence-electron chi connectivity index (χ1n) is 9.78. The fraction of sp³-hybridized carbons (Fsp3) is 0.238. The molecule has 0 unspecified atom stereocenters. The maximum atomic E-state index is 12.5. The lowest BCUT2D eigenvalue weighted by Gasteiger charge is -2.34. The van der Waals surface area contributed by atoms with Gasteiger partial charge in [0.05, 0.1) is 20.0 Å². The number of hydrogen-bond acceptors (Lipinski definition) is 8. The Bertz CT molecular complexity index is 1310. The number of non-ortho nitro benzene ring substituents is 1. The Labute approximate surface area is 188 Å². The Morgan fingerprint density at radius 2 is 1.81 bits per heavy atom. The van der Waals surface area contributed by atoms with Gasteiger partial charge in [-0.1, -0.05) is 11.3 Å². The van der Waals surface area contributed by atoms with Crippen LogP contribution in [0.3, 0.4) is 0 Å². The first kappa shape index (κ1) is 21.9. The van der Waals surface area contributed by atoms with E-state index in [1.807, 2.05) is 0 Å². The third-order valence-corrected chi connectivity index (χ3v) is 7.35. The van der Waals surface area contributed by atoms with Crippen LogP contribution in [0.5, 0.6) is 0 Å². The van der Waals surface area contributed by atoms with Crippen LogP contribution in [0, 0.1) is 10.1 Å². The molecule has 1 amide bonds. The first-order valence-corrected chi connectivity index (χ1v) is 12.5. The molecule has 0 bridgehead atoms. The van der Waals surface area contributed by atoms with Crippen LogP contribution in [0.15, 0.2) is 53.4 Å². The standard InChI is InChI=1S/C21H20N4O5S2/c1-32(29,30)17-7-8-18-19(14-17)31-21(22-18)24-12-10-23(11-13-24)20(26)9-4-15-2-5-16(6-3-15)25(27)28/h2-9,14H,10-13H2,1H3/b9-4-. The van der Waals surface area contributed by atoms with E-state index in [9.17, 15) is 23.3 Å². The van der Waals surface area contributed by atoms with Crippen molar-refractivity contribution in [3.63, 3.8) is 0 Å². The van der Waals surface area contributed by atoms with Gasteiger partial charge in [-0.2, -0.15) is 0 Å². The summed E-state index contributed by atoms with van der Waals surface area (Å²) in [5, 5.41) is 11.5. The van der Waals surface area contributed by atoms with Crippen LogP contribution in [-0.2, 0) is 14.6 Å². The minimum absolute atomic E-state index is 0.00647. The molecule has 0 aliphatic carbocycles. The van der Waals surface area contributed by atoms with Gasteiger partial charge in [0.25, 0.3) is 5.69 Å². The van der Waals surface area contributed by atoms with E-state index >= 15 is 0 Å². The Kier molecular flexibility index (Phi) is 5.94. The minimum atomic E-state index is -3.27. The van der Waals surface area contributed by atoms with Crippen molar-refractivity contribution in [2.75, 3.05) is 37.3 Å². The van der Waals surface area contributed by atoms with Crippen molar-refractivity contribution in [1.82, 2.24) is 9.88 Å². The molecule has 1 aliphatic heterocycles. The number of anilines is 1. The quantitative estimate of drug-likeness (QED) is 0.319. The Balaban J connectivity index is 1.38. The molecule has 166 valence electrons. The number of nitrogens with zero attached hydrogens (tertiary/aromatic N) is 4. The lowest BCUT2D eigenvalue weighted by Crippen LogP contribution is -2.48. The molecule has 1 aliphatic rings. The molecule has 32 heavy (non-hydrogen) atoms. The number of amides is 1. The third-order valence-electron chi connectivity index (χ3n) is 5.16. The van der Waals surface area contributed by atoms with Crippen molar-refractivity contribution in [2.24, 2.45) is 0 Å². The van der Waals surface area contributed by atoms with Gasteiger partial charge in [0, 0.05) is 50.6 Å². The summed E-state index contributed by atoms with van der Waals surface area (Å²) in [6.07, 6.45) is 4.30. The van der Waals surface area contributed by atoms with E-state index in [1.165, 1.54) is 35.8 Å². The van der Waals surface area contributed by atoms with Crippen LogP contribution in [0.4, 0.5) is 10.8 Å². The van der Waals surface area contributed by atoms with E-state index in [0.29, 0.717) is 31.7 Å². The molecule has 3 aromatic rings. The Morgan fingerprint density at radius 3 is 2.44 bits per heavy atom. The van der Waals surface area contributed by atoms with E-state index in [4.69, 9.17) is 0 Å². The molecular formula is C21H20N4O5S2. The van der Waals surface area contributed by atoms with E-state index in [1.54, 1.807) is 41.3 Å². The van der Waals surface area contributed by atoms with Crippen molar-refractivity contribution in [2.45, 2.75) is 4.90 Å². The van der Waals surface area contributed by atoms with Gasteiger partial charge >= 0.3 is 0 Å². The zero-order chi connectivity index (χ0) is 22.9. The number of carbonyl (C=O) groups excluding carboxylic acids is 1. The molecule has 0 radical (unpaired) electrons. The average molecular weight is 473 g/mol. The second-order valence-corrected chi connectivity index (χ2v) is 10.4. The molecule has 1 aromatic heterocycles. The van der Waals surface area contributed by atoms with E-state index in [2.05, 4.69) is 9.88 Å². The number of nitro groups is 1. The summed E-state index contributed by atoms with van der Waals surface area (Å²) in [5.74, 6) is -0.120. The summed E-state index contributed by atoms with van der Waals surface area (Å²) in [7, 11) is -3.27. The second kappa shape index (κ2) is 8.67. The molecule has 4 rings (SSSR count). The van der Waals surface area contributed by atoms with Crippen LogP contribution in [0.2, 0.25) is 0 Å². The molecular weight excluding hydrogens is 452 g/mol. The molecule has 11 heteroatoms. The van der Waals surface area contributed by atoms with E-state index in [0.717, 1.165) is 15.3 Å². The normalized spacial score (nSPS) is 14.9. The Hall–Kier alpha value is -3.31. The highest BCUT2D eigenvalue weighted by atomic mass is 32.2. The monoisotopic (exact) mass is 472 g/mol. The Morgan fingerprint density at radius 1 is 1.12 bits per heavy atom. The fourth-order valence-electron chi connectivity index (χ4n) is 3.36. The summed E-state index contributed by atoms with van der Waals surface area (Å²) in [5.41, 5.74) is 1.47. The second-order valence-electron chi connectivity index (χ2n) is 7.39. The molecule has 0 saturated carbocycles. The molecule has 9 nitrogen and oxygen atoms in total. The number of rotatable bonds is 5. The summed E-state index contributed by atoms with van der Waals surface area (Å²) >= 11 is 1.44. The number of benzene rings is 2. The highest BCUT2D eigenvalue weighted by Crippen LogP contribution is 2.31. The number of hydrogen-bond donors (Lipinski definition) is 0. The zero-order valence-electron chi connectivity index (χ0n) is 17.2. The van der Waals surface area contributed by atoms with Crippen molar-refractivity contribution in [3.8, 4) is 0 Å². The van der Waals surface area contributed by atoms with Gasteiger partial charge in [-0.25, -0.2) is 13.4 Å². The van der Waals surface area contributed by atoms with Crippen LogP contribution in [0.25, 0.3) is 16.3 Å². The summed E-state index contributed by atoms with van der Waals surface area (Å²) in [6, 6.07) is 10.9. The van der Waals surface area contributed by atoms with Crippen LogP contribution >= 0.6 is 11.3 Å². The highest BCUT2D eigenvalue weighted by Gasteiger charge is 2.22. The van der Waals surface area contributed by atoms with Crippen molar-refractivity contribution in [3.05, 3.63) is 64.2 Å². The molecule has 1 fully saturated rings. The zero-order valence-corrected chi connectivity index (χ0v) is 18.8. The predicted molar refractivity (Wildman–Crippen MR) is 124 cm³/mol. The smallest absolute Gasteiger partial charge is 0.269 e. The number of aromatic nitrogens is 1. The number of carbonyl (C=O) groups is 1. The van der Waals surface area contributed by atoms with E-state index in [-0.39, 0.29) is 16.5 Å². The largest absolute Gasteiger partial charge is 0.345 e. The van der Waals surface area contributed by atoms with Gasteiger partial charge in [-0.3, -0.25) is 14.9 Å². The first-order chi connectivity index (χ1) is 15.2. The van der Waals surface area contributed by atoms with Gasteiger partial charge in [0.1, 0.15) is 0 Å². The van der Waals surface area contributed by atoms with Crippen molar-refractivity contribution in [1.29, 1.82) is 0 Å². The van der Waals surface area contributed by atoms with Gasteiger partial charge in [0.15, 0.2) is 15.0 Å². The summed E-state index contributed by atoms with van der Waals surface area (Å²) in [4.78, 5) is 31.5. The van der Waals surface area contributed by atoms with Gasteiger partial charge in [0.2, 0.25) is 5.91 Å². The molecule has 0 N–H and O–H groups in total. The number of thiazole rings is 1. The maximum Gasteiger partial charge on any atom is 0.269 e. The van der Waals surface area contributed by atoms with Crippen molar-refractivity contribution < 1.29 is 18.1 Å². The van der Waals surface area contributed by atoms with Crippen LogP contribution in [0.1, 0.15) is 5.56 Å². The average Bonchev–Trinajstić information content (AvgIpc) is 3.21.